The second kappa shape index (κ2) is 7.52. The van der Waals surface area contributed by atoms with E-state index < -0.39 is 6.04 Å². The van der Waals surface area contributed by atoms with E-state index in [9.17, 15) is 9.59 Å². The molecule has 1 unspecified atom stereocenters. The van der Waals surface area contributed by atoms with Gasteiger partial charge in [0.15, 0.2) is 5.13 Å². The standard InChI is InChI=1S/C20H22N4O2S/c1-13(18(25)22-15-6-2-3-7-15)21-19(26)14-8-9-16-17(12-14)27-20(23-16)24-10-4-5-11-24/h4-5,8-13,15H,2-3,6-7H2,1H3,(H,21,26)(H,22,25). The summed E-state index contributed by atoms with van der Waals surface area (Å²) in [6.07, 6.45) is 8.25. The van der Waals surface area contributed by atoms with Crippen molar-refractivity contribution in [3.8, 4) is 5.13 Å². The first-order valence-corrected chi connectivity index (χ1v) is 10.1. The summed E-state index contributed by atoms with van der Waals surface area (Å²) in [7, 11) is 0. The van der Waals surface area contributed by atoms with Gasteiger partial charge in [-0.2, -0.15) is 0 Å². The van der Waals surface area contributed by atoms with Crippen molar-refractivity contribution < 1.29 is 9.59 Å². The third-order valence-electron chi connectivity index (χ3n) is 4.91. The van der Waals surface area contributed by atoms with Crippen molar-refractivity contribution >= 4 is 33.4 Å². The van der Waals surface area contributed by atoms with Crippen molar-refractivity contribution in [3.63, 3.8) is 0 Å². The number of nitrogens with zero attached hydrogens (tertiary/aromatic N) is 2. The van der Waals surface area contributed by atoms with E-state index in [1.165, 1.54) is 11.3 Å². The van der Waals surface area contributed by atoms with Crippen molar-refractivity contribution in [2.24, 2.45) is 0 Å². The lowest BCUT2D eigenvalue weighted by atomic mass is 10.1. The van der Waals surface area contributed by atoms with Gasteiger partial charge in [-0.1, -0.05) is 24.2 Å². The Morgan fingerprint density at radius 1 is 1.22 bits per heavy atom. The molecule has 2 N–H and O–H groups in total. The van der Waals surface area contributed by atoms with Gasteiger partial charge in [0, 0.05) is 24.0 Å². The van der Waals surface area contributed by atoms with Gasteiger partial charge >= 0.3 is 0 Å². The Hall–Kier alpha value is -2.67. The SMILES string of the molecule is CC(NC(=O)c1ccc2nc(-n3cccc3)sc2c1)C(=O)NC1CCCC1. The van der Waals surface area contributed by atoms with Crippen LogP contribution >= 0.6 is 11.3 Å². The maximum absolute atomic E-state index is 12.6. The minimum atomic E-state index is -0.564. The van der Waals surface area contributed by atoms with Gasteiger partial charge in [0.25, 0.3) is 5.91 Å². The van der Waals surface area contributed by atoms with Crippen LogP contribution in [0.1, 0.15) is 43.0 Å². The van der Waals surface area contributed by atoms with Gasteiger partial charge in [0.2, 0.25) is 5.91 Å². The number of hydrogen-bond acceptors (Lipinski definition) is 4. The Labute approximate surface area is 161 Å². The van der Waals surface area contributed by atoms with E-state index in [0.29, 0.717) is 5.56 Å². The van der Waals surface area contributed by atoms with E-state index in [1.807, 2.05) is 41.2 Å². The Bertz CT molecular complexity index is 958. The molecule has 0 spiro atoms. The quantitative estimate of drug-likeness (QED) is 0.711. The molecule has 3 aromatic rings. The summed E-state index contributed by atoms with van der Waals surface area (Å²) in [6, 6.07) is 9.00. The Kier molecular flexibility index (Phi) is 4.94. The molecule has 1 aliphatic carbocycles. The highest BCUT2D eigenvalue weighted by Crippen LogP contribution is 2.26. The van der Waals surface area contributed by atoms with Gasteiger partial charge in [0.05, 0.1) is 10.2 Å². The third-order valence-corrected chi connectivity index (χ3v) is 5.94. The molecule has 140 valence electrons. The monoisotopic (exact) mass is 382 g/mol. The minimum Gasteiger partial charge on any atom is -0.352 e. The molecule has 0 saturated heterocycles. The van der Waals surface area contributed by atoms with Crippen molar-refractivity contribution in [3.05, 3.63) is 48.3 Å². The normalized spacial score (nSPS) is 15.7. The first kappa shape index (κ1) is 17.7. The van der Waals surface area contributed by atoms with Crippen LogP contribution in [0.4, 0.5) is 0 Å². The number of fused-ring (bicyclic) bond motifs is 1. The van der Waals surface area contributed by atoms with Crippen LogP contribution < -0.4 is 10.6 Å². The number of carbonyl (C=O) groups is 2. The van der Waals surface area contributed by atoms with Gasteiger partial charge < -0.3 is 15.2 Å². The van der Waals surface area contributed by atoms with Crippen LogP contribution in [0.5, 0.6) is 0 Å². The molecular weight excluding hydrogens is 360 g/mol. The Morgan fingerprint density at radius 3 is 2.70 bits per heavy atom. The zero-order chi connectivity index (χ0) is 18.8. The van der Waals surface area contributed by atoms with Crippen LogP contribution in [0, 0.1) is 0 Å². The lowest BCUT2D eigenvalue weighted by Gasteiger charge is -2.17. The van der Waals surface area contributed by atoms with Crippen LogP contribution in [0.25, 0.3) is 15.3 Å². The van der Waals surface area contributed by atoms with Crippen LogP contribution in [0.15, 0.2) is 42.7 Å². The maximum atomic E-state index is 12.6. The first-order chi connectivity index (χ1) is 13.1. The van der Waals surface area contributed by atoms with Gasteiger partial charge in [-0.05, 0) is 50.1 Å². The largest absolute Gasteiger partial charge is 0.352 e. The van der Waals surface area contributed by atoms with Crippen molar-refractivity contribution in [2.45, 2.75) is 44.7 Å². The highest BCUT2D eigenvalue weighted by atomic mass is 32.1. The molecule has 27 heavy (non-hydrogen) atoms. The molecule has 2 aromatic heterocycles. The number of carbonyl (C=O) groups excluding carboxylic acids is 2. The minimum absolute atomic E-state index is 0.121. The molecule has 1 fully saturated rings. The predicted molar refractivity (Wildman–Crippen MR) is 106 cm³/mol. The van der Waals surface area contributed by atoms with Gasteiger partial charge in [-0.15, -0.1) is 0 Å². The van der Waals surface area contributed by atoms with E-state index >= 15 is 0 Å². The summed E-state index contributed by atoms with van der Waals surface area (Å²) >= 11 is 1.53. The van der Waals surface area contributed by atoms with Gasteiger partial charge in [-0.25, -0.2) is 4.98 Å². The molecule has 0 bridgehead atoms. The summed E-state index contributed by atoms with van der Waals surface area (Å²) in [5.74, 6) is -0.370. The molecule has 0 aliphatic heterocycles. The van der Waals surface area contributed by atoms with Crippen LogP contribution in [-0.2, 0) is 4.79 Å². The number of rotatable bonds is 5. The van der Waals surface area contributed by atoms with Crippen LogP contribution in [0.3, 0.4) is 0 Å². The number of aromatic nitrogens is 2. The third kappa shape index (κ3) is 3.88. The molecule has 1 aromatic carbocycles. The number of thiazole rings is 1. The molecule has 1 saturated carbocycles. The molecule has 6 nitrogen and oxygen atoms in total. The number of nitrogens with one attached hydrogen (secondary N) is 2. The first-order valence-electron chi connectivity index (χ1n) is 9.25. The molecule has 2 amide bonds. The molecule has 2 heterocycles. The summed E-state index contributed by atoms with van der Waals surface area (Å²) in [5.41, 5.74) is 1.39. The number of hydrogen-bond donors (Lipinski definition) is 2. The van der Waals surface area contributed by atoms with E-state index in [4.69, 9.17) is 0 Å². The Morgan fingerprint density at radius 2 is 1.96 bits per heavy atom. The van der Waals surface area contributed by atoms with Crippen molar-refractivity contribution in [1.29, 1.82) is 0 Å². The van der Waals surface area contributed by atoms with E-state index in [0.717, 1.165) is 41.0 Å². The summed E-state index contributed by atoms with van der Waals surface area (Å²) in [4.78, 5) is 29.4. The zero-order valence-electron chi connectivity index (χ0n) is 15.1. The van der Waals surface area contributed by atoms with Crippen molar-refractivity contribution in [1.82, 2.24) is 20.2 Å². The fourth-order valence-corrected chi connectivity index (χ4v) is 4.34. The highest BCUT2D eigenvalue weighted by molar-refractivity contribution is 7.20. The highest BCUT2D eigenvalue weighted by Gasteiger charge is 2.22. The lowest BCUT2D eigenvalue weighted by molar-refractivity contribution is -0.123. The van der Waals surface area contributed by atoms with Crippen molar-refractivity contribution in [2.75, 3.05) is 0 Å². The Balaban J connectivity index is 1.44. The topological polar surface area (TPSA) is 76.0 Å². The molecular formula is C20H22N4O2S. The lowest BCUT2D eigenvalue weighted by Crippen LogP contribution is -2.47. The zero-order valence-corrected chi connectivity index (χ0v) is 16.0. The molecule has 4 rings (SSSR count). The van der Waals surface area contributed by atoms with Crippen LogP contribution in [0.2, 0.25) is 0 Å². The summed E-state index contributed by atoms with van der Waals surface area (Å²) in [6.45, 7) is 1.72. The molecule has 1 atom stereocenters. The van der Waals surface area contributed by atoms with E-state index in [-0.39, 0.29) is 17.9 Å². The second-order valence-corrected chi connectivity index (χ2v) is 7.96. The number of amides is 2. The fraction of sp³-hybridized carbons (Fsp3) is 0.350. The van der Waals surface area contributed by atoms with Crippen LogP contribution in [-0.4, -0.2) is 33.4 Å². The predicted octanol–water partition coefficient (Wildman–Crippen LogP) is 3.26. The van der Waals surface area contributed by atoms with E-state index in [1.54, 1.807) is 13.0 Å². The number of benzene rings is 1. The second-order valence-electron chi connectivity index (χ2n) is 6.95. The average molecular weight is 382 g/mol. The fourth-order valence-electron chi connectivity index (χ4n) is 3.37. The molecule has 0 radical (unpaired) electrons. The summed E-state index contributed by atoms with van der Waals surface area (Å²) in [5, 5.41) is 6.67. The smallest absolute Gasteiger partial charge is 0.251 e. The molecule has 1 aliphatic rings. The average Bonchev–Trinajstić information content (AvgIpc) is 3.41. The van der Waals surface area contributed by atoms with E-state index in [2.05, 4.69) is 15.6 Å². The summed E-state index contributed by atoms with van der Waals surface area (Å²) < 4.78 is 2.88. The molecule has 7 heteroatoms. The van der Waals surface area contributed by atoms with Gasteiger partial charge in [-0.3, -0.25) is 9.59 Å². The van der Waals surface area contributed by atoms with Gasteiger partial charge in [0.1, 0.15) is 6.04 Å². The maximum Gasteiger partial charge on any atom is 0.251 e.